The third-order valence-electron chi connectivity index (χ3n) is 4.21. The third-order valence-corrected chi connectivity index (χ3v) is 4.21. The number of rotatable bonds is 4. The molecule has 0 aromatic rings. The largest absolute Gasteiger partial charge is 0.329 e. The molecule has 14 heavy (non-hydrogen) atoms. The zero-order valence-corrected chi connectivity index (χ0v) is 10.2. The summed E-state index contributed by atoms with van der Waals surface area (Å²) in [6.45, 7) is 7.73. The second-order valence-electron chi connectivity index (χ2n) is 5.14. The van der Waals surface area contributed by atoms with Crippen molar-refractivity contribution in [1.82, 2.24) is 4.90 Å². The van der Waals surface area contributed by atoms with Crippen LogP contribution < -0.4 is 5.73 Å². The minimum atomic E-state index is 0.300. The molecule has 0 amide bonds. The molecule has 0 saturated heterocycles. The Morgan fingerprint density at radius 3 is 2.57 bits per heavy atom. The molecule has 2 heteroatoms. The van der Waals surface area contributed by atoms with Crippen LogP contribution in [0, 0.1) is 5.92 Å². The summed E-state index contributed by atoms with van der Waals surface area (Å²) >= 11 is 0. The highest BCUT2D eigenvalue weighted by atomic mass is 15.2. The molecular weight excluding hydrogens is 172 g/mol. The SMILES string of the molecule is CCC(C)N(C)C1(CN)CCC(C)C1. The summed E-state index contributed by atoms with van der Waals surface area (Å²) in [5.41, 5.74) is 6.28. The van der Waals surface area contributed by atoms with Crippen molar-refractivity contribution in [1.29, 1.82) is 0 Å². The van der Waals surface area contributed by atoms with Gasteiger partial charge in [-0.1, -0.05) is 13.8 Å². The van der Waals surface area contributed by atoms with Crippen molar-refractivity contribution in [3.05, 3.63) is 0 Å². The summed E-state index contributed by atoms with van der Waals surface area (Å²) < 4.78 is 0. The quantitative estimate of drug-likeness (QED) is 0.750. The van der Waals surface area contributed by atoms with Crippen LogP contribution in [-0.2, 0) is 0 Å². The van der Waals surface area contributed by atoms with E-state index in [4.69, 9.17) is 5.73 Å². The van der Waals surface area contributed by atoms with Gasteiger partial charge in [0.2, 0.25) is 0 Å². The Labute approximate surface area is 88.8 Å². The summed E-state index contributed by atoms with van der Waals surface area (Å²) in [7, 11) is 2.25. The maximum atomic E-state index is 5.98. The fraction of sp³-hybridized carbons (Fsp3) is 1.00. The first-order valence-electron chi connectivity index (χ1n) is 5.98. The maximum Gasteiger partial charge on any atom is 0.0334 e. The van der Waals surface area contributed by atoms with Crippen LogP contribution >= 0.6 is 0 Å². The average molecular weight is 198 g/mol. The summed E-state index contributed by atoms with van der Waals surface area (Å²) in [4.78, 5) is 2.52. The zero-order valence-electron chi connectivity index (χ0n) is 10.2. The molecular formula is C12H26N2. The first kappa shape index (κ1) is 12.0. The van der Waals surface area contributed by atoms with Crippen molar-refractivity contribution >= 4 is 0 Å². The minimum Gasteiger partial charge on any atom is -0.329 e. The van der Waals surface area contributed by atoms with E-state index >= 15 is 0 Å². The summed E-state index contributed by atoms with van der Waals surface area (Å²) in [5.74, 6) is 0.852. The Hall–Kier alpha value is -0.0800. The molecule has 1 saturated carbocycles. The highest BCUT2D eigenvalue weighted by Crippen LogP contribution is 2.38. The molecule has 1 rings (SSSR count). The molecule has 0 radical (unpaired) electrons. The van der Waals surface area contributed by atoms with Crippen LogP contribution in [0.4, 0.5) is 0 Å². The number of nitrogens with zero attached hydrogens (tertiary/aromatic N) is 1. The van der Waals surface area contributed by atoms with E-state index in [1.807, 2.05) is 0 Å². The minimum absolute atomic E-state index is 0.300. The molecule has 1 aliphatic rings. The smallest absolute Gasteiger partial charge is 0.0334 e. The molecule has 3 unspecified atom stereocenters. The molecule has 0 heterocycles. The van der Waals surface area contributed by atoms with E-state index < -0.39 is 0 Å². The fourth-order valence-electron chi connectivity index (χ4n) is 2.76. The molecule has 0 bridgehead atoms. The molecule has 84 valence electrons. The molecule has 1 fully saturated rings. The van der Waals surface area contributed by atoms with E-state index in [-0.39, 0.29) is 0 Å². The molecule has 0 spiro atoms. The van der Waals surface area contributed by atoms with Gasteiger partial charge in [-0.25, -0.2) is 0 Å². The van der Waals surface area contributed by atoms with Gasteiger partial charge in [0.15, 0.2) is 0 Å². The molecule has 0 aromatic carbocycles. The molecule has 2 nitrogen and oxygen atoms in total. The van der Waals surface area contributed by atoms with Gasteiger partial charge in [-0.05, 0) is 45.6 Å². The van der Waals surface area contributed by atoms with Crippen molar-refractivity contribution in [2.45, 2.75) is 58.0 Å². The first-order chi connectivity index (χ1) is 6.55. The van der Waals surface area contributed by atoms with Crippen LogP contribution in [0.15, 0.2) is 0 Å². The lowest BCUT2D eigenvalue weighted by Gasteiger charge is -2.42. The average Bonchev–Trinajstić information content (AvgIpc) is 2.59. The Balaban J connectivity index is 2.69. The van der Waals surface area contributed by atoms with Gasteiger partial charge in [-0.3, -0.25) is 4.90 Å². The van der Waals surface area contributed by atoms with Gasteiger partial charge in [0.05, 0.1) is 0 Å². The van der Waals surface area contributed by atoms with E-state index in [0.29, 0.717) is 11.6 Å². The first-order valence-corrected chi connectivity index (χ1v) is 5.98. The van der Waals surface area contributed by atoms with Gasteiger partial charge in [0, 0.05) is 18.1 Å². The third kappa shape index (κ3) is 2.12. The molecule has 0 aromatic heterocycles. The van der Waals surface area contributed by atoms with E-state index in [0.717, 1.165) is 12.5 Å². The van der Waals surface area contributed by atoms with Crippen LogP contribution in [0.5, 0.6) is 0 Å². The van der Waals surface area contributed by atoms with E-state index in [9.17, 15) is 0 Å². The van der Waals surface area contributed by atoms with Gasteiger partial charge in [0.25, 0.3) is 0 Å². The fourth-order valence-corrected chi connectivity index (χ4v) is 2.76. The lowest BCUT2D eigenvalue weighted by molar-refractivity contribution is 0.0846. The summed E-state index contributed by atoms with van der Waals surface area (Å²) in [6.07, 6.45) is 5.13. The molecule has 0 aliphatic heterocycles. The van der Waals surface area contributed by atoms with Gasteiger partial charge in [-0.2, -0.15) is 0 Å². The van der Waals surface area contributed by atoms with Crippen LogP contribution in [0.25, 0.3) is 0 Å². The van der Waals surface area contributed by atoms with Crippen molar-refractivity contribution in [3.8, 4) is 0 Å². The Bertz CT molecular complexity index is 181. The second-order valence-corrected chi connectivity index (χ2v) is 5.14. The predicted molar refractivity (Wildman–Crippen MR) is 62.3 cm³/mol. The van der Waals surface area contributed by atoms with Gasteiger partial charge >= 0.3 is 0 Å². The molecule has 1 aliphatic carbocycles. The number of nitrogens with two attached hydrogens (primary N) is 1. The van der Waals surface area contributed by atoms with Crippen molar-refractivity contribution in [2.75, 3.05) is 13.6 Å². The number of hydrogen-bond acceptors (Lipinski definition) is 2. The van der Waals surface area contributed by atoms with Crippen molar-refractivity contribution in [3.63, 3.8) is 0 Å². The second kappa shape index (κ2) is 4.63. The van der Waals surface area contributed by atoms with Crippen LogP contribution in [-0.4, -0.2) is 30.1 Å². The predicted octanol–water partition coefficient (Wildman–Crippen LogP) is 2.23. The van der Waals surface area contributed by atoms with Crippen molar-refractivity contribution < 1.29 is 0 Å². The zero-order chi connectivity index (χ0) is 10.8. The normalized spacial score (nSPS) is 35.1. The van der Waals surface area contributed by atoms with Gasteiger partial charge in [-0.15, -0.1) is 0 Å². The van der Waals surface area contributed by atoms with Crippen LogP contribution in [0.2, 0.25) is 0 Å². The molecule has 2 N–H and O–H groups in total. The Morgan fingerprint density at radius 1 is 1.57 bits per heavy atom. The van der Waals surface area contributed by atoms with Crippen LogP contribution in [0.3, 0.4) is 0 Å². The highest BCUT2D eigenvalue weighted by Gasteiger charge is 2.40. The highest BCUT2D eigenvalue weighted by molar-refractivity contribution is 4.98. The van der Waals surface area contributed by atoms with Gasteiger partial charge in [0.1, 0.15) is 0 Å². The van der Waals surface area contributed by atoms with Crippen molar-refractivity contribution in [2.24, 2.45) is 11.7 Å². The van der Waals surface area contributed by atoms with E-state index in [1.165, 1.54) is 25.7 Å². The van der Waals surface area contributed by atoms with E-state index in [1.54, 1.807) is 0 Å². The topological polar surface area (TPSA) is 29.3 Å². The van der Waals surface area contributed by atoms with E-state index in [2.05, 4.69) is 32.7 Å². The molecule has 3 atom stereocenters. The Morgan fingerprint density at radius 2 is 2.21 bits per heavy atom. The van der Waals surface area contributed by atoms with Crippen LogP contribution in [0.1, 0.15) is 46.5 Å². The lowest BCUT2D eigenvalue weighted by Crippen LogP contribution is -2.53. The maximum absolute atomic E-state index is 5.98. The van der Waals surface area contributed by atoms with Gasteiger partial charge < -0.3 is 5.73 Å². The Kier molecular flexibility index (Phi) is 3.96. The number of hydrogen-bond donors (Lipinski definition) is 1. The summed E-state index contributed by atoms with van der Waals surface area (Å²) in [5, 5.41) is 0. The number of likely N-dealkylation sites (N-methyl/N-ethyl adjacent to an activating group) is 1. The summed E-state index contributed by atoms with van der Waals surface area (Å²) in [6, 6.07) is 0.656. The standard InChI is InChI=1S/C12H26N2/c1-5-11(3)14(4)12(9-13)7-6-10(2)8-12/h10-11H,5-9,13H2,1-4H3. The lowest BCUT2D eigenvalue weighted by atomic mass is 9.92. The monoisotopic (exact) mass is 198 g/mol.